The Morgan fingerprint density at radius 1 is 1.38 bits per heavy atom. The van der Waals surface area contributed by atoms with Crippen molar-refractivity contribution in [2.75, 3.05) is 0 Å². The second-order valence-electron chi connectivity index (χ2n) is 3.11. The maximum Gasteiger partial charge on any atom is 0.201 e. The zero-order valence-electron chi connectivity index (χ0n) is 7.83. The van der Waals surface area contributed by atoms with E-state index < -0.39 is 0 Å². The highest BCUT2D eigenvalue weighted by Crippen LogP contribution is 2.04. The van der Waals surface area contributed by atoms with Crippen molar-refractivity contribution in [3.8, 4) is 0 Å². The van der Waals surface area contributed by atoms with Crippen LogP contribution in [-0.4, -0.2) is 17.6 Å². The zero-order chi connectivity index (χ0) is 9.84. The van der Waals surface area contributed by atoms with Crippen LogP contribution in [0.1, 0.15) is 20.3 Å². The molecule has 0 spiro atoms. The Bertz CT molecular complexity index is 289. The number of hydrogen-bond acceptors (Lipinski definition) is 3. The summed E-state index contributed by atoms with van der Waals surface area (Å²) in [6, 6.07) is 0.217. The lowest BCUT2D eigenvalue weighted by Gasteiger charge is -2.15. The molecular formula is C10H13NO2. The van der Waals surface area contributed by atoms with Gasteiger partial charge in [0.15, 0.2) is 5.78 Å². The van der Waals surface area contributed by atoms with Gasteiger partial charge >= 0.3 is 0 Å². The summed E-state index contributed by atoms with van der Waals surface area (Å²) in [5.41, 5.74) is 0.404. The molecule has 0 aromatic heterocycles. The molecule has 1 N–H and O–H groups in total. The second-order valence-corrected chi connectivity index (χ2v) is 3.11. The molecule has 0 saturated heterocycles. The van der Waals surface area contributed by atoms with Crippen molar-refractivity contribution < 1.29 is 9.59 Å². The van der Waals surface area contributed by atoms with Gasteiger partial charge in [-0.15, -0.1) is 0 Å². The van der Waals surface area contributed by atoms with E-state index in [1.165, 1.54) is 18.2 Å². The third kappa shape index (κ3) is 2.54. The summed E-state index contributed by atoms with van der Waals surface area (Å²) in [7, 11) is 0. The van der Waals surface area contributed by atoms with Gasteiger partial charge < -0.3 is 5.32 Å². The first kappa shape index (κ1) is 9.71. The van der Waals surface area contributed by atoms with E-state index >= 15 is 0 Å². The van der Waals surface area contributed by atoms with Gasteiger partial charge in [-0.3, -0.25) is 9.59 Å². The fourth-order valence-corrected chi connectivity index (χ4v) is 0.989. The first-order valence-electron chi connectivity index (χ1n) is 4.38. The molecule has 1 unspecified atom stereocenters. The Balaban J connectivity index is 2.68. The first-order chi connectivity index (χ1) is 6.13. The number of allylic oxidation sites excluding steroid dienone is 3. The van der Waals surface area contributed by atoms with E-state index in [2.05, 4.69) is 5.32 Å². The molecule has 3 heteroatoms. The molecule has 0 amide bonds. The predicted octanol–water partition coefficient (Wildman–Crippen LogP) is 0.966. The number of nitrogens with one attached hydrogen (secondary N) is 1. The molecule has 0 saturated carbocycles. The van der Waals surface area contributed by atoms with Crippen molar-refractivity contribution in [3.63, 3.8) is 0 Å². The molecule has 13 heavy (non-hydrogen) atoms. The minimum atomic E-state index is -0.134. The van der Waals surface area contributed by atoms with Crippen molar-refractivity contribution in [1.29, 1.82) is 0 Å². The van der Waals surface area contributed by atoms with E-state index in [1.807, 2.05) is 13.8 Å². The number of hydrogen-bond donors (Lipinski definition) is 1. The monoisotopic (exact) mass is 179 g/mol. The van der Waals surface area contributed by atoms with Gasteiger partial charge in [0.25, 0.3) is 0 Å². The van der Waals surface area contributed by atoms with Crippen LogP contribution in [-0.2, 0) is 9.59 Å². The summed E-state index contributed by atoms with van der Waals surface area (Å²) < 4.78 is 0. The average molecular weight is 179 g/mol. The average Bonchev–Trinajstić information content (AvgIpc) is 2.11. The number of carbonyl (C=O) groups is 2. The zero-order valence-corrected chi connectivity index (χ0v) is 7.83. The van der Waals surface area contributed by atoms with Crippen LogP contribution in [0.15, 0.2) is 23.9 Å². The lowest BCUT2D eigenvalue weighted by atomic mass is 10.1. The Kier molecular flexibility index (Phi) is 3.01. The Hall–Kier alpha value is -1.38. The van der Waals surface area contributed by atoms with Gasteiger partial charge in [-0.05, 0) is 25.5 Å². The molecular weight excluding hydrogens is 166 g/mol. The Morgan fingerprint density at radius 2 is 2.08 bits per heavy atom. The van der Waals surface area contributed by atoms with E-state index in [0.717, 1.165) is 6.42 Å². The summed E-state index contributed by atoms with van der Waals surface area (Å²) in [4.78, 5) is 22.2. The normalized spacial score (nSPS) is 18.5. The summed E-state index contributed by atoms with van der Waals surface area (Å²) in [6.45, 7) is 3.99. The van der Waals surface area contributed by atoms with E-state index in [-0.39, 0.29) is 17.6 Å². The third-order valence-corrected chi connectivity index (χ3v) is 1.97. The van der Waals surface area contributed by atoms with Crippen LogP contribution in [0.2, 0.25) is 0 Å². The van der Waals surface area contributed by atoms with Crippen LogP contribution in [0.5, 0.6) is 0 Å². The predicted molar refractivity (Wildman–Crippen MR) is 50.1 cm³/mol. The topological polar surface area (TPSA) is 46.2 Å². The smallest absolute Gasteiger partial charge is 0.201 e. The van der Waals surface area contributed by atoms with Crippen LogP contribution >= 0.6 is 0 Å². The van der Waals surface area contributed by atoms with Crippen molar-refractivity contribution in [1.82, 2.24) is 5.32 Å². The molecule has 0 aromatic rings. The minimum absolute atomic E-state index is 0.125. The van der Waals surface area contributed by atoms with Crippen LogP contribution in [0, 0.1) is 0 Å². The molecule has 0 fully saturated rings. The van der Waals surface area contributed by atoms with E-state index in [1.54, 1.807) is 0 Å². The molecule has 0 bridgehead atoms. The molecule has 1 rings (SSSR count). The lowest BCUT2D eigenvalue weighted by Crippen LogP contribution is -2.30. The lowest BCUT2D eigenvalue weighted by molar-refractivity contribution is -0.114. The van der Waals surface area contributed by atoms with Gasteiger partial charge in [-0.2, -0.15) is 0 Å². The van der Waals surface area contributed by atoms with E-state index in [4.69, 9.17) is 0 Å². The van der Waals surface area contributed by atoms with Crippen molar-refractivity contribution >= 4 is 11.6 Å². The summed E-state index contributed by atoms with van der Waals surface area (Å²) in [5, 5.41) is 2.99. The molecule has 0 aromatic carbocycles. The molecule has 70 valence electrons. The summed E-state index contributed by atoms with van der Waals surface area (Å²) >= 11 is 0. The fourth-order valence-electron chi connectivity index (χ4n) is 0.989. The standard InChI is InChI=1S/C10H13NO2/c1-3-7(2)11-9-6-8(12)4-5-10(9)13/h4-7,11H,3H2,1-2H3. The van der Waals surface area contributed by atoms with Gasteiger partial charge in [0.05, 0.1) is 5.70 Å². The highest BCUT2D eigenvalue weighted by molar-refractivity contribution is 6.16. The largest absolute Gasteiger partial charge is 0.379 e. The molecule has 1 aliphatic rings. The number of carbonyl (C=O) groups excluding carboxylic acids is 2. The quantitative estimate of drug-likeness (QED) is 0.656. The van der Waals surface area contributed by atoms with Crippen LogP contribution < -0.4 is 5.32 Å². The fraction of sp³-hybridized carbons (Fsp3) is 0.400. The number of rotatable bonds is 3. The van der Waals surface area contributed by atoms with E-state index in [0.29, 0.717) is 5.70 Å². The van der Waals surface area contributed by atoms with Crippen LogP contribution in [0.25, 0.3) is 0 Å². The number of ketones is 2. The highest BCUT2D eigenvalue weighted by atomic mass is 16.1. The Morgan fingerprint density at radius 3 is 2.69 bits per heavy atom. The van der Waals surface area contributed by atoms with E-state index in [9.17, 15) is 9.59 Å². The maximum atomic E-state index is 11.2. The molecule has 3 nitrogen and oxygen atoms in total. The van der Waals surface area contributed by atoms with Crippen LogP contribution in [0.4, 0.5) is 0 Å². The molecule has 0 aliphatic heterocycles. The third-order valence-electron chi connectivity index (χ3n) is 1.97. The molecule has 0 heterocycles. The minimum Gasteiger partial charge on any atom is -0.379 e. The molecule has 0 radical (unpaired) electrons. The molecule has 1 aliphatic carbocycles. The van der Waals surface area contributed by atoms with Gasteiger partial charge in [0.1, 0.15) is 0 Å². The van der Waals surface area contributed by atoms with Gasteiger partial charge in [-0.25, -0.2) is 0 Å². The van der Waals surface area contributed by atoms with Crippen molar-refractivity contribution in [2.24, 2.45) is 0 Å². The van der Waals surface area contributed by atoms with Crippen molar-refractivity contribution in [3.05, 3.63) is 23.9 Å². The SMILES string of the molecule is CCC(C)NC1=CC(=O)C=CC1=O. The van der Waals surface area contributed by atoms with Gasteiger partial charge in [0.2, 0.25) is 5.78 Å². The van der Waals surface area contributed by atoms with Crippen LogP contribution in [0.3, 0.4) is 0 Å². The van der Waals surface area contributed by atoms with Crippen molar-refractivity contribution in [2.45, 2.75) is 26.3 Å². The highest BCUT2D eigenvalue weighted by Gasteiger charge is 2.13. The second kappa shape index (κ2) is 4.03. The maximum absolute atomic E-state index is 11.2. The Labute approximate surface area is 77.5 Å². The van der Waals surface area contributed by atoms with Gasteiger partial charge in [0, 0.05) is 12.1 Å². The summed E-state index contributed by atoms with van der Waals surface area (Å²) in [6.07, 6.45) is 4.84. The first-order valence-corrected chi connectivity index (χ1v) is 4.38. The van der Waals surface area contributed by atoms with Gasteiger partial charge in [-0.1, -0.05) is 6.92 Å². The molecule has 1 atom stereocenters. The summed E-state index contributed by atoms with van der Waals surface area (Å²) in [5.74, 6) is -0.259.